The van der Waals surface area contributed by atoms with Crippen LogP contribution in [0.15, 0.2) is 24.3 Å². The molecule has 2 amide bonds. The van der Waals surface area contributed by atoms with Crippen molar-refractivity contribution in [1.82, 2.24) is 10.4 Å². The van der Waals surface area contributed by atoms with Crippen LogP contribution in [0.25, 0.3) is 0 Å². The summed E-state index contributed by atoms with van der Waals surface area (Å²) in [6.07, 6.45) is 5.51. The van der Waals surface area contributed by atoms with E-state index in [1.165, 1.54) is 32.1 Å². The zero-order valence-corrected chi connectivity index (χ0v) is 18.4. The summed E-state index contributed by atoms with van der Waals surface area (Å²) in [5.74, 6) is 4.44. The van der Waals surface area contributed by atoms with Gasteiger partial charge in [-0.2, -0.15) is 0 Å². The van der Waals surface area contributed by atoms with Crippen LogP contribution in [0.2, 0.25) is 5.02 Å². The number of aliphatic hydroxyl groups excluding tert-OH is 2. The van der Waals surface area contributed by atoms with Crippen molar-refractivity contribution in [3.8, 4) is 11.8 Å². The number of rotatable bonds is 9. The van der Waals surface area contributed by atoms with Crippen LogP contribution in [0.3, 0.4) is 0 Å². The van der Waals surface area contributed by atoms with Crippen LogP contribution in [-0.2, 0) is 9.59 Å². The fourth-order valence-electron chi connectivity index (χ4n) is 3.67. The van der Waals surface area contributed by atoms with E-state index in [9.17, 15) is 25.0 Å². The van der Waals surface area contributed by atoms with E-state index in [2.05, 4.69) is 17.2 Å². The normalized spacial score (nSPS) is 16.0. The maximum Gasteiger partial charge on any atom is 0.276 e. The Hall–Kier alpha value is -2.11. The van der Waals surface area contributed by atoms with Crippen LogP contribution in [0, 0.1) is 17.8 Å². The molecule has 0 aromatic heterocycles. The number of hydroxylamine groups is 2. The molecular formula is C23H31ClN2O5. The Morgan fingerprint density at radius 2 is 1.87 bits per heavy atom. The van der Waals surface area contributed by atoms with E-state index in [-0.39, 0.29) is 18.2 Å². The van der Waals surface area contributed by atoms with Crippen LogP contribution in [0.1, 0.15) is 56.9 Å². The van der Waals surface area contributed by atoms with Gasteiger partial charge in [-0.1, -0.05) is 55.5 Å². The molecule has 2 atom stereocenters. The van der Waals surface area contributed by atoms with E-state index >= 15 is 0 Å². The average Bonchev–Trinajstić information content (AvgIpc) is 2.77. The van der Waals surface area contributed by atoms with Crippen molar-refractivity contribution >= 4 is 23.4 Å². The molecule has 0 spiro atoms. The number of hydrogen-bond acceptors (Lipinski definition) is 5. The molecule has 0 heterocycles. The van der Waals surface area contributed by atoms with Crippen molar-refractivity contribution in [2.24, 2.45) is 5.92 Å². The lowest BCUT2D eigenvalue weighted by atomic mass is 9.85. The van der Waals surface area contributed by atoms with Gasteiger partial charge in [0.25, 0.3) is 5.91 Å². The summed E-state index contributed by atoms with van der Waals surface area (Å²) in [4.78, 5) is 24.2. The zero-order chi connectivity index (χ0) is 22.6. The van der Waals surface area contributed by atoms with Gasteiger partial charge in [-0.05, 0) is 43.0 Å². The quantitative estimate of drug-likeness (QED) is 0.262. The van der Waals surface area contributed by atoms with Crippen molar-refractivity contribution < 1.29 is 25.0 Å². The van der Waals surface area contributed by atoms with Crippen molar-refractivity contribution in [3.05, 3.63) is 34.9 Å². The van der Waals surface area contributed by atoms with E-state index in [0.717, 1.165) is 6.42 Å². The van der Waals surface area contributed by atoms with Gasteiger partial charge in [0, 0.05) is 10.6 Å². The molecule has 2 rings (SSSR count). The van der Waals surface area contributed by atoms with Crippen LogP contribution in [0.5, 0.6) is 0 Å². The Kier molecular flexibility index (Phi) is 10.8. The van der Waals surface area contributed by atoms with Gasteiger partial charge in [0.05, 0.1) is 19.1 Å². The molecule has 7 nitrogen and oxygen atoms in total. The Morgan fingerprint density at radius 1 is 1.19 bits per heavy atom. The highest BCUT2D eigenvalue weighted by Gasteiger charge is 2.25. The van der Waals surface area contributed by atoms with Crippen molar-refractivity contribution in [2.45, 2.75) is 63.5 Å². The molecule has 1 fully saturated rings. The highest BCUT2D eigenvalue weighted by Crippen LogP contribution is 2.27. The number of benzene rings is 1. The molecule has 0 saturated heterocycles. The second-order valence-corrected chi connectivity index (χ2v) is 8.39. The highest BCUT2D eigenvalue weighted by molar-refractivity contribution is 6.30. The standard InChI is InChI=1S/C23H31ClN2O5/c24-19-11-8-18(9-12-19)7-4-14-26(31)23(30)21(28)15-22(29)25-20(16-27)13-10-17-5-2-1-3-6-17/h8-9,11-12,17,20-21,27-28,31H,1-3,5-6,10,13-16H2,(H,25,29)/t20-,21-/m0/s1. The fourth-order valence-corrected chi connectivity index (χ4v) is 3.80. The summed E-state index contributed by atoms with van der Waals surface area (Å²) in [5.41, 5.74) is 0.661. The van der Waals surface area contributed by atoms with E-state index in [1.54, 1.807) is 24.3 Å². The molecule has 8 heteroatoms. The molecule has 1 aromatic carbocycles. The Balaban J connectivity index is 1.74. The van der Waals surface area contributed by atoms with Gasteiger partial charge < -0.3 is 15.5 Å². The number of nitrogens with zero attached hydrogens (tertiary/aromatic N) is 1. The van der Waals surface area contributed by atoms with Crippen LogP contribution < -0.4 is 5.32 Å². The molecule has 1 aliphatic carbocycles. The summed E-state index contributed by atoms with van der Waals surface area (Å²) in [5, 5.41) is 32.8. The third-order valence-electron chi connectivity index (χ3n) is 5.46. The minimum atomic E-state index is -1.69. The predicted octanol–water partition coefficient (Wildman–Crippen LogP) is 2.50. The molecule has 170 valence electrons. The molecule has 0 bridgehead atoms. The minimum absolute atomic E-state index is 0.199. The van der Waals surface area contributed by atoms with Gasteiger partial charge in [-0.15, -0.1) is 0 Å². The Bertz CT molecular complexity index is 768. The summed E-state index contributed by atoms with van der Waals surface area (Å²) in [7, 11) is 0. The molecule has 0 radical (unpaired) electrons. The second-order valence-electron chi connectivity index (χ2n) is 7.95. The van der Waals surface area contributed by atoms with E-state index in [0.29, 0.717) is 22.9 Å². The van der Waals surface area contributed by atoms with Crippen molar-refractivity contribution in [2.75, 3.05) is 13.2 Å². The number of amides is 2. The number of carbonyl (C=O) groups is 2. The second kappa shape index (κ2) is 13.3. The lowest BCUT2D eigenvalue weighted by Crippen LogP contribution is -2.43. The van der Waals surface area contributed by atoms with Gasteiger partial charge >= 0.3 is 0 Å². The smallest absolute Gasteiger partial charge is 0.276 e. The minimum Gasteiger partial charge on any atom is -0.394 e. The van der Waals surface area contributed by atoms with Gasteiger partial charge in [0.15, 0.2) is 0 Å². The Morgan fingerprint density at radius 3 is 2.52 bits per heavy atom. The average molecular weight is 451 g/mol. The van der Waals surface area contributed by atoms with E-state index < -0.39 is 30.4 Å². The lowest BCUT2D eigenvalue weighted by Gasteiger charge is -2.24. The molecule has 0 unspecified atom stereocenters. The van der Waals surface area contributed by atoms with Gasteiger partial charge in [-0.3, -0.25) is 14.8 Å². The SMILES string of the molecule is O=C(C[C@H](O)C(=O)N(O)CC#Cc1ccc(Cl)cc1)N[C@H](CO)CCC1CCCCC1. The fraction of sp³-hybridized carbons (Fsp3) is 0.565. The van der Waals surface area contributed by atoms with Crippen molar-refractivity contribution in [1.29, 1.82) is 0 Å². The van der Waals surface area contributed by atoms with Crippen LogP contribution in [-0.4, -0.2) is 57.6 Å². The largest absolute Gasteiger partial charge is 0.394 e. The highest BCUT2D eigenvalue weighted by atomic mass is 35.5. The zero-order valence-electron chi connectivity index (χ0n) is 17.6. The first kappa shape index (κ1) is 25.2. The third kappa shape index (κ3) is 9.28. The predicted molar refractivity (Wildman–Crippen MR) is 117 cm³/mol. The number of carbonyl (C=O) groups excluding carboxylic acids is 2. The third-order valence-corrected chi connectivity index (χ3v) is 5.71. The molecule has 1 aromatic rings. The van der Waals surface area contributed by atoms with E-state index in [4.69, 9.17) is 11.6 Å². The molecule has 31 heavy (non-hydrogen) atoms. The topological polar surface area (TPSA) is 110 Å². The summed E-state index contributed by atoms with van der Waals surface area (Å²) in [6, 6.07) is 6.33. The Labute approximate surface area is 188 Å². The number of hydrogen-bond donors (Lipinski definition) is 4. The monoisotopic (exact) mass is 450 g/mol. The van der Waals surface area contributed by atoms with Crippen molar-refractivity contribution in [3.63, 3.8) is 0 Å². The lowest BCUT2D eigenvalue weighted by molar-refractivity contribution is -0.173. The number of aliphatic hydroxyl groups is 2. The van der Waals surface area contributed by atoms with Crippen LogP contribution >= 0.6 is 11.6 Å². The van der Waals surface area contributed by atoms with Crippen LogP contribution in [0.4, 0.5) is 0 Å². The van der Waals surface area contributed by atoms with Gasteiger partial charge in [0.2, 0.25) is 5.91 Å². The van der Waals surface area contributed by atoms with Gasteiger partial charge in [0.1, 0.15) is 12.6 Å². The maximum absolute atomic E-state index is 12.2. The summed E-state index contributed by atoms with van der Waals surface area (Å²) >= 11 is 5.79. The van der Waals surface area contributed by atoms with Gasteiger partial charge in [-0.25, -0.2) is 5.06 Å². The molecule has 0 aliphatic heterocycles. The maximum atomic E-state index is 12.2. The number of nitrogens with one attached hydrogen (secondary N) is 1. The summed E-state index contributed by atoms with van der Waals surface area (Å²) in [6.45, 7) is -0.518. The first-order valence-electron chi connectivity index (χ1n) is 10.7. The molecular weight excluding hydrogens is 420 g/mol. The summed E-state index contributed by atoms with van der Waals surface area (Å²) < 4.78 is 0. The number of halogens is 1. The first-order valence-corrected chi connectivity index (χ1v) is 11.1. The first-order chi connectivity index (χ1) is 14.9. The molecule has 4 N–H and O–H groups in total. The molecule has 1 saturated carbocycles. The van der Waals surface area contributed by atoms with E-state index in [1.807, 2.05) is 0 Å². The molecule has 1 aliphatic rings.